The van der Waals surface area contributed by atoms with E-state index in [0.29, 0.717) is 6.61 Å². The molecule has 0 aliphatic rings. The minimum Gasteiger partial charge on any atom is -0.507 e. The van der Waals surface area contributed by atoms with Crippen molar-refractivity contribution in [1.82, 2.24) is 5.32 Å². The Hall–Kier alpha value is -2.29. The van der Waals surface area contributed by atoms with Gasteiger partial charge in [0.2, 0.25) is 0 Å². The standard InChI is InChI=1S/C19H21ClF3NO4/c1-4-15(6-5-12(2)19(21,22)23)24-18(26)16-10-14(20)9-13(17(16)25)11-28-8-7-27-3/h4-6,9-10,25H,2,7-8,11H2,1,3H3,(H,24,26)/b6-5-,15-4+. The molecule has 0 aliphatic heterocycles. The van der Waals surface area contributed by atoms with Gasteiger partial charge in [-0.25, -0.2) is 0 Å². The molecule has 0 atom stereocenters. The van der Waals surface area contributed by atoms with Gasteiger partial charge >= 0.3 is 6.18 Å². The number of hydrogen-bond acceptors (Lipinski definition) is 4. The number of benzene rings is 1. The third kappa shape index (κ3) is 7.38. The van der Waals surface area contributed by atoms with Gasteiger partial charge in [0.1, 0.15) is 5.75 Å². The largest absolute Gasteiger partial charge is 0.507 e. The van der Waals surface area contributed by atoms with Gasteiger partial charge < -0.3 is 19.9 Å². The van der Waals surface area contributed by atoms with Crippen LogP contribution in [-0.2, 0) is 16.1 Å². The van der Waals surface area contributed by atoms with Gasteiger partial charge in [-0.1, -0.05) is 24.3 Å². The molecule has 154 valence electrons. The quantitative estimate of drug-likeness (QED) is 0.456. The Morgan fingerprint density at radius 1 is 1.32 bits per heavy atom. The van der Waals surface area contributed by atoms with Crippen LogP contribution in [0.15, 0.2) is 48.2 Å². The van der Waals surface area contributed by atoms with Gasteiger partial charge in [-0.3, -0.25) is 4.79 Å². The van der Waals surface area contributed by atoms with E-state index in [-0.39, 0.29) is 40.8 Å². The summed E-state index contributed by atoms with van der Waals surface area (Å²) >= 11 is 5.99. The highest BCUT2D eigenvalue weighted by atomic mass is 35.5. The third-order valence-electron chi connectivity index (χ3n) is 3.48. The topological polar surface area (TPSA) is 67.8 Å². The van der Waals surface area contributed by atoms with Gasteiger partial charge in [-0.05, 0) is 31.2 Å². The van der Waals surface area contributed by atoms with E-state index >= 15 is 0 Å². The second-order valence-corrected chi connectivity index (χ2v) is 6.00. The highest BCUT2D eigenvalue weighted by Gasteiger charge is 2.29. The molecular weight excluding hydrogens is 399 g/mol. The van der Waals surface area contributed by atoms with Crippen molar-refractivity contribution in [3.05, 3.63) is 64.4 Å². The predicted octanol–water partition coefficient (Wildman–Crippen LogP) is 4.52. The summed E-state index contributed by atoms with van der Waals surface area (Å²) in [5.41, 5.74) is -0.827. The van der Waals surface area contributed by atoms with E-state index in [1.165, 1.54) is 32.2 Å². The zero-order chi connectivity index (χ0) is 21.3. The maximum atomic E-state index is 12.5. The second kappa shape index (κ2) is 10.9. The lowest BCUT2D eigenvalue weighted by Crippen LogP contribution is -2.22. The number of nitrogens with one attached hydrogen (secondary N) is 1. The molecule has 0 aliphatic carbocycles. The first-order valence-corrected chi connectivity index (χ1v) is 8.47. The van der Waals surface area contributed by atoms with Crippen molar-refractivity contribution in [1.29, 1.82) is 0 Å². The van der Waals surface area contributed by atoms with Crippen LogP contribution in [0.3, 0.4) is 0 Å². The Bertz CT molecular complexity index is 773. The van der Waals surface area contributed by atoms with E-state index in [4.69, 9.17) is 21.1 Å². The first-order chi connectivity index (χ1) is 13.1. The number of methoxy groups -OCH3 is 1. The molecule has 0 unspecified atom stereocenters. The van der Waals surface area contributed by atoms with E-state index in [0.717, 1.165) is 12.2 Å². The minimum atomic E-state index is -4.57. The van der Waals surface area contributed by atoms with Gasteiger partial charge in [0.25, 0.3) is 5.91 Å². The summed E-state index contributed by atoms with van der Waals surface area (Å²) in [4.78, 5) is 12.4. The molecule has 1 rings (SSSR count). The van der Waals surface area contributed by atoms with Crippen LogP contribution in [-0.4, -0.2) is 37.5 Å². The monoisotopic (exact) mass is 419 g/mol. The number of phenols is 1. The number of amides is 1. The first-order valence-electron chi connectivity index (χ1n) is 8.10. The maximum Gasteiger partial charge on any atom is 0.415 e. The number of alkyl halides is 3. The SMILES string of the molecule is C=C(/C=C\C(=C/C)NC(=O)c1cc(Cl)cc(COCCOC)c1O)C(F)(F)F. The molecule has 1 amide bonds. The Kier molecular flexibility index (Phi) is 9.24. The number of ether oxygens (including phenoxy) is 2. The second-order valence-electron chi connectivity index (χ2n) is 5.56. The molecule has 1 aromatic rings. The summed E-state index contributed by atoms with van der Waals surface area (Å²) < 4.78 is 47.7. The van der Waals surface area contributed by atoms with Crippen molar-refractivity contribution in [2.45, 2.75) is 19.7 Å². The van der Waals surface area contributed by atoms with Crippen LogP contribution < -0.4 is 5.32 Å². The molecule has 0 heterocycles. The van der Waals surface area contributed by atoms with Crippen LogP contribution in [0.4, 0.5) is 13.2 Å². The normalized spacial score (nSPS) is 12.4. The fourth-order valence-corrected chi connectivity index (χ4v) is 2.20. The molecule has 5 nitrogen and oxygen atoms in total. The summed E-state index contributed by atoms with van der Waals surface area (Å²) in [6.07, 6.45) is -1.37. The summed E-state index contributed by atoms with van der Waals surface area (Å²) in [5.74, 6) is -1.08. The fraction of sp³-hybridized carbons (Fsp3) is 0.316. The third-order valence-corrected chi connectivity index (χ3v) is 3.70. The lowest BCUT2D eigenvalue weighted by molar-refractivity contribution is -0.0878. The Morgan fingerprint density at radius 3 is 2.57 bits per heavy atom. The van der Waals surface area contributed by atoms with Gasteiger partial charge in [0, 0.05) is 29.0 Å². The number of hydrogen-bond donors (Lipinski definition) is 2. The summed E-state index contributed by atoms with van der Waals surface area (Å²) in [6.45, 7) is 5.08. The zero-order valence-corrected chi connectivity index (χ0v) is 16.2. The maximum absolute atomic E-state index is 12.5. The number of carbonyl (C=O) groups is 1. The highest BCUT2D eigenvalue weighted by Crippen LogP contribution is 2.28. The summed E-state index contributed by atoms with van der Waals surface area (Å²) in [7, 11) is 1.51. The molecule has 28 heavy (non-hydrogen) atoms. The van der Waals surface area contributed by atoms with Gasteiger partial charge in [-0.2, -0.15) is 13.2 Å². The molecule has 1 aromatic carbocycles. The van der Waals surface area contributed by atoms with E-state index in [1.807, 2.05) is 0 Å². The predicted molar refractivity (Wildman–Crippen MR) is 100 cm³/mol. The van der Waals surface area contributed by atoms with E-state index in [2.05, 4.69) is 11.9 Å². The van der Waals surface area contributed by atoms with E-state index in [9.17, 15) is 23.1 Å². The van der Waals surface area contributed by atoms with E-state index < -0.39 is 17.7 Å². The van der Waals surface area contributed by atoms with Crippen molar-refractivity contribution >= 4 is 17.5 Å². The molecule has 9 heteroatoms. The molecule has 2 N–H and O–H groups in total. The van der Waals surface area contributed by atoms with Crippen LogP contribution in [0.2, 0.25) is 5.02 Å². The Labute approximate surface area is 166 Å². The van der Waals surface area contributed by atoms with Crippen molar-refractivity contribution in [3.63, 3.8) is 0 Å². The zero-order valence-electron chi connectivity index (χ0n) is 15.4. The number of allylic oxidation sites excluding steroid dienone is 4. The molecule has 0 spiro atoms. The lowest BCUT2D eigenvalue weighted by atomic mass is 10.1. The minimum absolute atomic E-state index is 0.00217. The number of halogens is 4. The van der Waals surface area contributed by atoms with Crippen molar-refractivity contribution in [2.24, 2.45) is 0 Å². The van der Waals surface area contributed by atoms with Crippen LogP contribution in [0.1, 0.15) is 22.8 Å². The van der Waals surface area contributed by atoms with Gasteiger partial charge in [0.15, 0.2) is 0 Å². The highest BCUT2D eigenvalue weighted by molar-refractivity contribution is 6.31. The summed E-state index contributed by atoms with van der Waals surface area (Å²) in [5, 5.41) is 12.9. The molecule has 0 saturated heterocycles. The average molecular weight is 420 g/mol. The average Bonchev–Trinajstić information content (AvgIpc) is 2.63. The van der Waals surface area contributed by atoms with Gasteiger partial charge in [-0.15, -0.1) is 0 Å². The van der Waals surface area contributed by atoms with Crippen LogP contribution in [0.25, 0.3) is 0 Å². The molecule has 0 saturated carbocycles. The first kappa shape index (κ1) is 23.7. The Morgan fingerprint density at radius 2 is 2.00 bits per heavy atom. The van der Waals surface area contributed by atoms with Crippen molar-refractivity contribution < 1.29 is 32.5 Å². The summed E-state index contributed by atoms with van der Waals surface area (Å²) in [6, 6.07) is 2.70. The lowest BCUT2D eigenvalue weighted by Gasteiger charge is -2.12. The molecule has 0 aromatic heterocycles. The van der Waals surface area contributed by atoms with E-state index in [1.54, 1.807) is 0 Å². The molecular formula is C19H21ClF3NO4. The van der Waals surface area contributed by atoms with Crippen molar-refractivity contribution in [2.75, 3.05) is 20.3 Å². The number of phenolic OH excluding ortho intramolecular Hbond substituents is 1. The van der Waals surface area contributed by atoms with Crippen molar-refractivity contribution in [3.8, 4) is 5.75 Å². The van der Waals surface area contributed by atoms with Crippen LogP contribution >= 0.6 is 11.6 Å². The molecule has 0 radical (unpaired) electrons. The van der Waals surface area contributed by atoms with Gasteiger partial charge in [0.05, 0.1) is 25.4 Å². The smallest absolute Gasteiger partial charge is 0.415 e. The van der Waals surface area contributed by atoms with Crippen LogP contribution in [0.5, 0.6) is 5.75 Å². The Balaban J connectivity index is 2.94. The number of rotatable bonds is 9. The molecule has 0 fully saturated rings. The van der Waals surface area contributed by atoms with Crippen LogP contribution in [0, 0.1) is 0 Å². The number of carbonyl (C=O) groups excluding carboxylic acids is 1. The number of aromatic hydroxyl groups is 1. The molecule has 0 bridgehead atoms. The fourth-order valence-electron chi connectivity index (χ4n) is 1.96.